The molecule has 3 rings (SSSR count). The van der Waals surface area contributed by atoms with Gasteiger partial charge in [0.15, 0.2) is 0 Å². The van der Waals surface area contributed by atoms with Gasteiger partial charge >= 0.3 is 0 Å². The third kappa shape index (κ3) is 2.95. The summed E-state index contributed by atoms with van der Waals surface area (Å²) in [5.74, 6) is -0.132. The molecule has 0 atom stereocenters. The molecule has 3 N–H and O–H groups in total. The topological polar surface area (TPSA) is 95.5 Å². The zero-order chi connectivity index (χ0) is 15.1. The Morgan fingerprint density at radius 2 is 2.00 bits per heavy atom. The molecule has 1 aromatic rings. The number of fused-ring (bicyclic) bond motifs is 1. The molecule has 1 aliphatic heterocycles. The van der Waals surface area contributed by atoms with E-state index in [-0.39, 0.29) is 23.8 Å². The highest BCUT2D eigenvalue weighted by Gasteiger charge is 2.32. The first-order valence-corrected chi connectivity index (χ1v) is 8.51. The van der Waals surface area contributed by atoms with E-state index in [4.69, 9.17) is 0 Å². The molecule has 1 heterocycles. The summed E-state index contributed by atoms with van der Waals surface area (Å²) in [5, 5.41) is 12.9. The van der Waals surface area contributed by atoms with Crippen LogP contribution in [0.4, 0.5) is 5.69 Å². The fraction of sp³-hybridized carbons (Fsp3) is 0.500. The van der Waals surface area contributed by atoms with Gasteiger partial charge in [0.05, 0.1) is 16.9 Å². The van der Waals surface area contributed by atoms with Gasteiger partial charge in [0.25, 0.3) is 0 Å². The van der Waals surface area contributed by atoms with Gasteiger partial charge in [-0.1, -0.05) is 12.8 Å². The fourth-order valence-corrected chi connectivity index (χ4v) is 4.07. The minimum absolute atomic E-state index is 0.0313. The van der Waals surface area contributed by atoms with Gasteiger partial charge in [-0.05, 0) is 36.6 Å². The van der Waals surface area contributed by atoms with Crippen LogP contribution in [0.2, 0.25) is 0 Å². The smallest absolute Gasteiger partial charge is 0.240 e. The third-order valence-corrected chi connectivity index (χ3v) is 5.54. The fourth-order valence-electron chi connectivity index (χ4n) is 2.90. The maximum Gasteiger partial charge on any atom is 0.240 e. The lowest BCUT2D eigenvalue weighted by Crippen LogP contribution is -2.40. The zero-order valence-corrected chi connectivity index (χ0v) is 12.4. The first-order chi connectivity index (χ1) is 9.88. The Morgan fingerprint density at radius 1 is 1.29 bits per heavy atom. The van der Waals surface area contributed by atoms with Crippen molar-refractivity contribution in [3.8, 4) is 0 Å². The Bertz CT molecular complexity index is 678. The van der Waals surface area contributed by atoms with Gasteiger partial charge in [0, 0.05) is 12.2 Å². The van der Waals surface area contributed by atoms with Crippen molar-refractivity contribution < 1.29 is 18.3 Å². The van der Waals surface area contributed by atoms with Gasteiger partial charge < -0.3 is 10.4 Å². The minimum Gasteiger partial charge on any atom is -0.389 e. The van der Waals surface area contributed by atoms with E-state index >= 15 is 0 Å². The second kappa shape index (κ2) is 5.08. The molecule has 0 spiro atoms. The van der Waals surface area contributed by atoms with Crippen molar-refractivity contribution in [2.24, 2.45) is 0 Å². The number of sulfonamides is 1. The summed E-state index contributed by atoms with van der Waals surface area (Å²) in [5.41, 5.74) is 0.414. The second-order valence-electron chi connectivity index (χ2n) is 5.80. The summed E-state index contributed by atoms with van der Waals surface area (Å²) in [6, 6.07) is 4.57. The number of carbonyl (C=O) groups is 1. The van der Waals surface area contributed by atoms with Gasteiger partial charge in [-0.15, -0.1) is 0 Å². The lowest BCUT2D eigenvalue weighted by molar-refractivity contribution is -0.115. The largest absolute Gasteiger partial charge is 0.389 e. The van der Waals surface area contributed by atoms with Crippen LogP contribution in [0, 0.1) is 0 Å². The van der Waals surface area contributed by atoms with Crippen molar-refractivity contribution in [2.75, 3.05) is 11.9 Å². The Morgan fingerprint density at radius 3 is 2.71 bits per heavy atom. The number of hydrogen-bond acceptors (Lipinski definition) is 4. The predicted octanol–water partition coefficient (Wildman–Crippen LogP) is 0.765. The first-order valence-electron chi connectivity index (χ1n) is 7.03. The molecule has 1 saturated carbocycles. The van der Waals surface area contributed by atoms with Crippen molar-refractivity contribution in [1.29, 1.82) is 0 Å². The summed E-state index contributed by atoms with van der Waals surface area (Å²) in [4.78, 5) is 11.4. The molecule has 2 aliphatic rings. The lowest BCUT2D eigenvalue weighted by Gasteiger charge is -2.22. The van der Waals surface area contributed by atoms with Crippen molar-refractivity contribution in [3.05, 3.63) is 23.8 Å². The maximum absolute atomic E-state index is 12.3. The van der Waals surface area contributed by atoms with Crippen molar-refractivity contribution in [2.45, 2.75) is 42.6 Å². The van der Waals surface area contributed by atoms with E-state index in [0.717, 1.165) is 12.8 Å². The van der Waals surface area contributed by atoms with Crippen molar-refractivity contribution >= 4 is 21.6 Å². The summed E-state index contributed by atoms with van der Waals surface area (Å²) < 4.78 is 27.0. The SMILES string of the molecule is O=C1Cc2cc(S(=O)(=O)NCC3(O)CCCC3)ccc2N1. The van der Waals surface area contributed by atoms with E-state index in [0.29, 0.717) is 24.1 Å². The van der Waals surface area contributed by atoms with E-state index in [9.17, 15) is 18.3 Å². The highest BCUT2D eigenvalue weighted by Crippen LogP contribution is 2.29. The quantitative estimate of drug-likeness (QED) is 0.765. The van der Waals surface area contributed by atoms with Crippen LogP contribution in [0.25, 0.3) is 0 Å². The van der Waals surface area contributed by atoms with E-state index in [2.05, 4.69) is 10.0 Å². The van der Waals surface area contributed by atoms with Crippen LogP contribution < -0.4 is 10.0 Å². The molecule has 1 fully saturated rings. The van der Waals surface area contributed by atoms with E-state index in [1.807, 2.05) is 0 Å². The highest BCUT2D eigenvalue weighted by atomic mass is 32.2. The number of aliphatic hydroxyl groups is 1. The molecular formula is C14H18N2O4S. The summed E-state index contributed by atoms with van der Waals surface area (Å²) >= 11 is 0. The number of hydrogen-bond donors (Lipinski definition) is 3. The molecule has 6 nitrogen and oxygen atoms in total. The van der Waals surface area contributed by atoms with Gasteiger partial charge in [-0.25, -0.2) is 13.1 Å². The standard InChI is InChI=1S/C14H18N2O4S/c17-13-8-10-7-11(3-4-12(10)16-13)21(19,20)15-9-14(18)5-1-2-6-14/h3-4,7,15,18H,1-2,5-6,8-9H2,(H,16,17). The van der Waals surface area contributed by atoms with Gasteiger partial charge in [-0.2, -0.15) is 0 Å². The highest BCUT2D eigenvalue weighted by molar-refractivity contribution is 7.89. The molecule has 1 aromatic carbocycles. The average Bonchev–Trinajstić information content (AvgIpc) is 3.01. The molecule has 0 saturated heterocycles. The summed E-state index contributed by atoms with van der Waals surface area (Å²) in [7, 11) is -3.67. The van der Waals surface area contributed by atoms with Crippen LogP contribution in [-0.4, -0.2) is 31.6 Å². The normalized spacial score (nSPS) is 20.3. The third-order valence-electron chi connectivity index (χ3n) is 4.14. The number of rotatable bonds is 4. The monoisotopic (exact) mass is 310 g/mol. The van der Waals surface area contributed by atoms with Crippen LogP contribution >= 0.6 is 0 Å². The molecule has 21 heavy (non-hydrogen) atoms. The molecule has 7 heteroatoms. The molecule has 1 aliphatic carbocycles. The number of benzene rings is 1. The number of amides is 1. The summed E-state index contributed by atoms with van der Waals surface area (Å²) in [6.07, 6.45) is 3.29. The van der Waals surface area contributed by atoms with Crippen LogP contribution in [-0.2, 0) is 21.2 Å². The van der Waals surface area contributed by atoms with Crippen LogP contribution in [0.5, 0.6) is 0 Å². The van der Waals surface area contributed by atoms with E-state index in [1.165, 1.54) is 12.1 Å². The van der Waals surface area contributed by atoms with Crippen LogP contribution in [0.15, 0.2) is 23.1 Å². The molecule has 1 amide bonds. The number of carbonyl (C=O) groups excluding carboxylic acids is 1. The van der Waals surface area contributed by atoms with Crippen LogP contribution in [0.1, 0.15) is 31.2 Å². The summed E-state index contributed by atoms with van der Waals surface area (Å²) in [6.45, 7) is 0.0313. The van der Waals surface area contributed by atoms with Gasteiger partial charge in [0.1, 0.15) is 0 Å². The Labute approximate surface area is 123 Å². The molecule has 0 bridgehead atoms. The number of nitrogens with one attached hydrogen (secondary N) is 2. The van der Waals surface area contributed by atoms with Gasteiger partial charge in [0.2, 0.25) is 15.9 Å². The van der Waals surface area contributed by atoms with Crippen molar-refractivity contribution in [1.82, 2.24) is 4.72 Å². The van der Waals surface area contributed by atoms with Crippen LogP contribution in [0.3, 0.4) is 0 Å². The average molecular weight is 310 g/mol. The van der Waals surface area contributed by atoms with E-state index < -0.39 is 15.6 Å². The second-order valence-corrected chi connectivity index (χ2v) is 7.57. The minimum atomic E-state index is -3.67. The lowest BCUT2D eigenvalue weighted by atomic mass is 10.0. The Kier molecular flexibility index (Phi) is 3.51. The molecule has 0 radical (unpaired) electrons. The molecule has 0 unspecified atom stereocenters. The zero-order valence-electron chi connectivity index (χ0n) is 11.6. The van der Waals surface area contributed by atoms with Crippen molar-refractivity contribution in [3.63, 3.8) is 0 Å². The maximum atomic E-state index is 12.3. The van der Waals surface area contributed by atoms with E-state index in [1.54, 1.807) is 6.07 Å². The molecular weight excluding hydrogens is 292 g/mol. The van der Waals surface area contributed by atoms with Gasteiger partial charge in [-0.3, -0.25) is 4.79 Å². The number of anilines is 1. The Balaban J connectivity index is 1.76. The molecule has 0 aromatic heterocycles. The predicted molar refractivity (Wildman–Crippen MR) is 77.4 cm³/mol. The Hall–Kier alpha value is -1.44. The first kappa shape index (κ1) is 14.5. The molecule has 114 valence electrons.